The Kier molecular flexibility index (Phi) is 4.61. The Hall–Kier alpha value is 0.480. The van der Waals surface area contributed by atoms with Crippen molar-refractivity contribution in [2.45, 2.75) is 6.04 Å². The van der Waals surface area contributed by atoms with Crippen molar-refractivity contribution in [1.29, 1.82) is 0 Å². The Morgan fingerprint density at radius 3 is 2.41 bits per heavy atom. The SMILES string of the molecule is NC(c1cc(Cl)ccc1I)c1cc(Cl)sc1Cl. The Balaban J connectivity index is 2.46. The number of rotatable bonds is 2. The van der Waals surface area contributed by atoms with Crippen LogP contribution >= 0.6 is 68.7 Å². The highest BCUT2D eigenvalue weighted by Gasteiger charge is 2.18. The van der Waals surface area contributed by atoms with Gasteiger partial charge in [-0.25, -0.2) is 0 Å². The van der Waals surface area contributed by atoms with Crippen molar-refractivity contribution >= 4 is 68.7 Å². The lowest BCUT2D eigenvalue weighted by Gasteiger charge is -2.13. The van der Waals surface area contributed by atoms with Crippen LogP contribution < -0.4 is 5.73 Å². The maximum absolute atomic E-state index is 6.20. The molecule has 0 spiro atoms. The molecular weight excluding hydrogens is 411 g/mol. The lowest BCUT2D eigenvalue weighted by molar-refractivity contribution is 0.871. The van der Waals surface area contributed by atoms with Gasteiger partial charge in [-0.3, -0.25) is 0 Å². The van der Waals surface area contributed by atoms with Crippen LogP contribution in [0.2, 0.25) is 13.7 Å². The fourth-order valence-corrected chi connectivity index (χ4v) is 3.89. The smallest absolute Gasteiger partial charge is 0.0995 e. The molecular formula is C11H7Cl3INS. The van der Waals surface area contributed by atoms with E-state index in [0.29, 0.717) is 13.7 Å². The Labute approximate surface area is 132 Å². The van der Waals surface area contributed by atoms with Crippen molar-refractivity contribution in [3.05, 3.63) is 52.7 Å². The average Bonchev–Trinajstić information content (AvgIpc) is 2.60. The van der Waals surface area contributed by atoms with Crippen LogP contribution in [0.4, 0.5) is 0 Å². The third-order valence-corrected chi connectivity index (χ3v) is 5.05. The summed E-state index contributed by atoms with van der Waals surface area (Å²) >= 11 is 21.5. The predicted molar refractivity (Wildman–Crippen MR) is 84.5 cm³/mol. The van der Waals surface area contributed by atoms with Crippen LogP contribution in [-0.4, -0.2) is 0 Å². The fourth-order valence-electron chi connectivity index (χ4n) is 1.49. The van der Waals surface area contributed by atoms with E-state index in [1.807, 2.05) is 18.2 Å². The van der Waals surface area contributed by atoms with Gasteiger partial charge in [0.25, 0.3) is 0 Å². The van der Waals surface area contributed by atoms with Crippen LogP contribution in [0, 0.1) is 3.57 Å². The van der Waals surface area contributed by atoms with E-state index in [4.69, 9.17) is 40.5 Å². The van der Waals surface area contributed by atoms with Gasteiger partial charge in [-0.1, -0.05) is 34.8 Å². The second kappa shape index (κ2) is 5.63. The van der Waals surface area contributed by atoms with Gasteiger partial charge in [-0.2, -0.15) is 0 Å². The molecule has 0 aliphatic rings. The number of nitrogens with two attached hydrogens (primary N) is 1. The van der Waals surface area contributed by atoms with Crippen molar-refractivity contribution < 1.29 is 0 Å². The van der Waals surface area contributed by atoms with Gasteiger partial charge in [0.2, 0.25) is 0 Å². The van der Waals surface area contributed by atoms with E-state index in [9.17, 15) is 0 Å². The molecule has 1 nitrogen and oxygen atoms in total. The highest BCUT2D eigenvalue weighted by atomic mass is 127. The van der Waals surface area contributed by atoms with E-state index in [1.54, 1.807) is 6.07 Å². The molecule has 2 N–H and O–H groups in total. The summed E-state index contributed by atoms with van der Waals surface area (Å²) in [7, 11) is 0. The molecule has 1 heterocycles. The molecule has 1 aromatic heterocycles. The maximum Gasteiger partial charge on any atom is 0.0995 e. The zero-order chi connectivity index (χ0) is 12.6. The first-order chi connectivity index (χ1) is 7.99. The minimum atomic E-state index is -0.308. The predicted octanol–water partition coefficient (Wildman–Crippen LogP) is 5.36. The molecule has 1 atom stereocenters. The zero-order valence-corrected chi connectivity index (χ0v) is 13.6. The summed E-state index contributed by atoms with van der Waals surface area (Å²) in [6.07, 6.45) is 0. The van der Waals surface area contributed by atoms with Gasteiger partial charge in [0.1, 0.15) is 0 Å². The van der Waals surface area contributed by atoms with E-state index in [2.05, 4.69) is 22.6 Å². The molecule has 0 fully saturated rings. The molecule has 2 aromatic rings. The molecule has 0 aliphatic carbocycles. The first-order valence-electron chi connectivity index (χ1n) is 4.64. The highest BCUT2D eigenvalue weighted by Crippen LogP contribution is 2.37. The van der Waals surface area contributed by atoms with E-state index < -0.39 is 0 Å². The highest BCUT2D eigenvalue weighted by molar-refractivity contribution is 14.1. The summed E-state index contributed by atoms with van der Waals surface area (Å²) in [4.78, 5) is 0. The van der Waals surface area contributed by atoms with Gasteiger partial charge in [0.15, 0.2) is 0 Å². The molecule has 90 valence electrons. The first-order valence-corrected chi connectivity index (χ1v) is 7.67. The van der Waals surface area contributed by atoms with Crippen LogP contribution in [0.15, 0.2) is 24.3 Å². The van der Waals surface area contributed by atoms with Crippen molar-refractivity contribution in [3.8, 4) is 0 Å². The molecule has 0 bridgehead atoms. The largest absolute Gasteiger partial charge is 0.320 e. The summed E-state index contributed by atoms with van der Waals surface area (Å²) < 4.78 is 2.31. The molecule has 0 saturated carbocycles. The second-order valence-corrected chi connectivity index (χ2v) is 7.31. The third-order valence-electron chi connectivity index (χ3n) is 2.31. The van der Waals surface area contributed by atoms with Crippen molar-refractivity contribution in [2.75, 3.05) is 0 Å². The number of hydrogen-bond acceptors (Lipinski definition) is 2. The topological polar surface area (TPSA) is 26.0 Å². The standard InChI is InChI=1S/C11H7Cl3INS/c12-5-1-2-8(15)6(3-5)10(16)7-4-9(13)17-11(7)14/h1-4,10H,16H2. The number of halogens is 4. The lowest BCUT2D eigenvalue weighted by Crippen LogP contribution is -2.12. The average molecular weight is 419 g/mol. The summed E-state index contributed by atoms with van der Waals surface area (Å²) in [5.74, 6) is 0. The molecule has 0 radical (unpaired) electrons. The minimum Gasteiger partial charge on any atom is -0.320 e. The van der Waals surface area contributed by atoms with Crippen LogP contribution in [0.3, 0.4) is 0 Å². The maximum atomic E-state index is 6.20. The Bertz CT molecular complexity index is 556. The molecule has 0 aliphatic heterocycles. The monoisotopic (exact) mass is 417 g/mol. The minimum absolute atomic E-state index is 0.308. The van der Waals surface area contributed by atoms with Gasteiger partial charge in [-0.05, 0) is 52.4 Å². The van der Waals surface area contributed by atoms with E-state index >= 15 is 0 Å². The Morgan fingerprint density at radius 1 is 1.12 bits per heavy atom. The zero-order valence-electron chi connectivity index (χ0n) is 8.38. The summed E-state index contributed by atoms with van der Waals surface area (Å²) in [5.41, 5.74) is 7.99. The van der Waals surface area contributed by atoms with E-state index in [0.717, 1.165) is 14.7 Å². The van der Waals surface area contributed by atoms with Gasteiger partial charge in [-0.15, -0.1) is 11.3 Å². The van der Waals surface area contributed by atoms with Crippen molar-refractivity contribution in [2.24, 2.45) is 5.73 Å². The summed E-state index contributed by atoms with van der Waals surface area (Å²) in [6.45, 7) is 0. The van der Waals surface area contributed by atoms with Crippen LogP contribution in [-0.2, 0) is 0 Å². The number of thiophene rings is 1. The molecule has 2 rings (SSSR count). The lowest BCUT2D eigenvalue weighted by atomic mass is 10.0. The van der Waals surface area contributed by atoms with Gasteiger partial charge >= 0.3 is 0 Å². The molecule has 0 amide bonds. The molecule has 0 saturated heterocycles. The number of benzene rings is 1. The van der Waals surface area contributed by atoms with E-state index in [-0.39, 0.29) is 6.04 Å². The summed E-state index contributed by atoms with van der Waals surface area (Å²) in [6, 6.07) is 7.12. The third kappa shape index (κ3) is 3.08. The van der Waals surface area contributed by atoms with Crippen LogP contribution in [0.25, 0.3) is 0 Å². The van der Waals surface area contributed by atoms with Crippen LogP contribution in [0.5, 0.6) is 0 Å². The molecule has 1 unspecified atom stereocenters. The summed E-state index contributed by atoms with van der Waals surface area (Å²) in [5, 5.41) is 0.660. The van der Waals surface area contributed by atoms with Gasteiger partial charge in [0.05, 0.1) is 14.7 Å². The second-order valence-electron chi connectivity index (χ2n) is 3.42. The van der Waals surface area contributed by atoms with Crippen molar-refractivity contribution in [1.82, 2.24) is 0 Å². The fraction of sp³-hybridized carbons (Fsp3) is 0.0909. The van der Waals surface area contributed by atoms with Gasteiger partial charge in [0, 0.05) is 14.2 Å². The Morgan fingerprint density at radius 2 is 1.82 bits per heavy atom. The van der Waals surface area contributed by atoms with E-state index in [1.165, 1.54) is 11.3 Å². The number of hydrogen-bond donors (Lipinski definition) is 1. The van der Waals surface area contributed by atoms with Crippen LogP contribution in [0.1, 0.15) is 17.2 Å². The first kappa shape index (κ1) is 13.9. The molecule has 6 heteroatoms. The van der Waals surface area contributed by atoms with Gasteiger partial charge < -0.3 is 5.73 Å². The molecule has 17 heavy (non-hydrogen) atoms. The van der Waals surface area contributed by atoms with Crippen molar-refractivity contribution in [3.63, 3.8) is 0 Å². The normalized spacial score (nSPS) is 12.8. The quantitative estimate of drug-likeness (QED) is 0.653. The molecule has 1 aromatic carbocycles.